The smallest absolute Gasteiger partial charge is 0.423 e. The van der Waals surface area contributed by atoms with E-state index >= 15 is 0 Å². The maximum atomic E-state index is 9.73. The topological polar surface area (TPSA) is 90.8 Å². The molecule has 4 N–H and O–H groups in total. The van der Waals surface area contributed by atoms with Gasteiger partial charge in [-0.15, -0.1) is 0 Å². The van der Waals surface area contributed by atoms with Crippen LogP contribution in [0, 0.1) is 0 Å². The SMILES string of the molecule is CCn1c2ccc(B(O)O)cc2c2cc(-c3ccc4c(c3)c3cc(B(O)O)ccc3n4CC)ccc21. The molecule has 6 nitrogen and oxygen atoms in total. The molecule has 2 aromatic heterocycles. The summed E-state index contributed by atoms with van der Waals surface area (Å²) >= 11 is 0. The summed E-state index contributed by atoms with van der Waals surface area (Å²) < 4.78 is 4.48. The second kappa shape index (κ2) is 8.54. The first kappa shape index (κ1) is 22.9. The van der Waals surface area contributed by atoms with Crippen molar-refractivity contribution >= 4 is 68.8 Å². The lowest BCUT2D eigenvalue weighted by molar-refractivity contribution is 0.424. The van der Waals surface area contributed by atoms with Gasteiger partial charge in [0.05, 0.1) is 0 Å². The Bertz CT molecular complexity index is 1650. The average Bonchev–Trinajstić information content (AvgIpc) is 3.38. The van der Waals surface area contributed by atoms with Gasteiger partial charge in [-0.05, 0) is 72.3 Å². The summed E-state index contributed by atoms with van der Waals surface area (Å²) in [6.07, 6.45) is 0. The Morgan fingerprint density at radius 2 is 0.833 bits per heavy atom. The van der Waals surface area contributed by atoms with Gasteiger partial charge in [0.2, 0.25) is 0 Å². The third kappa shape index (κ3) is 3.38. The first-order chi connectivity index (χ1) is 17.4. The number of hydrogen-bond donors (Lipinski definition) is 4. The summed E-state index contributed by atoms with van der Waals surface area (Å²) in [5, 5.41) is 43.0. The highest BCUT2D eigenvalue weighted by molar-refractivity contribution is 6.59. The van der Waals surface area contributed by atoms with Gasteiger partial charge in [-0.3, -0.25) is 0 Å². The molecular formula is C28H26B2N2O4. The van der Waals surface area contributed by atoms with Crippen molar-refractivity contribution in [3.05, 3.63) is 72.8 Å². The van der Waals surface area contributed by atoms with Gasteiger partial charge in [-0.1, -0.05) is 36.4 Å². The summed E-state index contributed by atoms with van der Waals surface area (Å²) in [4.78, 5) is 0. The Labute approximate surface area is 208 Å². The molecule has 0 amide bonds. The molecular weight excluding hydrogens is 450 g/mol. The first-order valence-electron chi connectivity index (χ1n) is 12.3. The fraction of sp³-hybridized carbons (Fsp3) is 0.143. The van der Waals surface area contributed by atoms with Crippen LogP contribution in [0.25, 0.3) is 54.7 Å². The highest BCUT2D eigenvalue weighted by Crippen LogP contribution is 2.35. The third-order valence-electron chi connectivity index (χ3n) is 7.34. The van der Waals surface area contributed by atoms with Crippen molar-refractivity contribution in [3.8, 4) is 11.1 Å². The van der Waals surface area contributed by atoms with Crippen LogP contribution in [0.3, 0.4) is 0 Å². The Kier molecular flexibility index (Phi) is 5.43. The van der Waals surface area contributed by atoms with E-state index in [1.54, 1.807) is 12.1 Å². The predicted molar refractivity (Wildman–Crippen MR) is 149 cm³/mol. The largest absolute Gasteiger partial charge is 0.488 e. The second-order valence-corrected chi connectivity index (χ2v) is 9.25. The minimum Gasteiger partial charge on any atom is -0.423 e. The van der Waals surface area contributed by atoms with Gasteiger partial charge >= 0.3 is 14.2 Å². The van der Waals surface area contributed by atoms with E-state index in [9.17, 15) is 20.1 Å². The number of hydrogen-bond acceptors (Lipinski definition) is 4. The minimum absolute atomic E-state index is 0.471. The monoisotopic (exact) mass is 476 g/mol. The molecule has 0 unspecified atom stereocenters. The van der Waals surface area contributed by atoms with Crippen molar-refractivity contribution in [1.29, 1.82) is 0 Å². The summed E-state index contributed by atoms with van der Waals surface area (Å²) in [6.45, 7) is 5.83. The summed E-state index contributed by atoms with van der Waals surface area (Å²) in [7, 11) is -3.03. The van der Waals surface area contributed by atoms with Crippen LogP contribution in [0.5, 0.6) is 0 Å². The van der Waals surface area contributed by atoms with Crippen molar-refractivity contribution in [2.24, 2.45) is 0 Å². The van der Waals surface area contributed by atoms with Gasteiger partial charge in [-0.2, -0.15) is 0 Å². The lowest BCUT2D eigenvalue weighted by Crippen LogP contribution is -2.29. The normalized spacial score (nSPS) is 11.8. The number of rotatable bonds is 5. The molecule has 6 rings (SSSR count). The molecule has 0 radical (unpaired) electrons. The van der Waals surface area contributed by atoms with Crippen molar-refractivity contribution in [1.82, 2.24) is 9.13 Å². The third-order valence-corrected chi connectivity index (χ3v) is 7.34. The van der Waals surface area contributed by atoms with E-state index in [4.69, 9.17) is 0 Å². The van der Waals surface area contributed by atoms with Crippen LogP contribution in [0.2, 0.25) is 0 Å². The second-order valence-electron chi connectivity index (χ2n) is 9.25. The van der Waals surface area contributed by atoms with E-state index in [0.29, 0.717) is 10.9 Å². The highest BCUT2D eigenvalue weighted by Gasteiger charge is 2.18. The predicted octanol–water partition coefficient (Wildman–Crippen LogP) is 2.97. The fourth-order valence-electron chi connectivity index (χ4n) is 5.61. The first-order valence-corrected chi connectivity index (χ1v) is 12.3. The van der Waals surface area contributed by atoms with Crippen LogP contribution in [0.15, 0.2) is 72.8 Å². The average molecular weight is 476 g/mol. The van der Waals surface area contributed by atoms with Crippen LogP contribution in [0.4, 0.5) is 0 Å². The molecule has 0 atom stereocenters. The Morgan fingerprint density at radius 1 is 0.500 bits per heavy atom. The summed E-state index contributed by atoms with van der Waals surface area (Å²) in [5.41, 5.74) is 7.39. The molecule has 0 aliphatic carbocycles. The van der Waals surface area contributed by atoms with Crippen molar-refractivity contribution < 1.29 is 20.1 Å². The summed E-state index contributed by atoms with van der Waals surface area (Å²) in [5.74, 6) is 0. The molecule has 0 bridgehead atoms. The van der Waals surface area contributed by atoms with E-state index in [1.165, 1.54) is 0 Å². The molecule has 4 aromatic carbocycles. The van der Waals surface area contributed by atoms with Crippen LogP contribution >= 0.6 is 0 Å². The standard InChI is InChI=1S/C28H26B2N2O4/c1-3-31-25-9-5-17(13-21(25)23-15-19(29(33)34)7-11-27(23)31)18-6-10-26-22(14-18)24-16-20(30(35)36)8-12-28(24)32(26)4-2/h5-16,33-36H,3-4H2,1-2H3. The van der Waals surface area contributed by atoms with Crippen molar-refractivity contribution in [2.45, 2.75) is 26.9 Å². The Morgan fingerprint density at radius 3 is 1.17 bits per heavy atom. The molecule has 0 aliphatic rings. The molecule has 0 saturated heterocycles. The zero-order valence-corrected chi connectivity index (χ0v) is 20.2. The molecule has 0 fully saturated rings. The van der Waals surface area contributed by atoms with Gasteiger partial charge in [-0.25, -0.2) is 0 Å². The molecule has 0 saturated carbocycles. The quantitative estimate of drug-likeness (QED) is 0.288. The van der Waals surface area contributed by atoms with Gasteiger partial charge in [0.25, 0.3) is 0 Å². The number of benzene rings is 4. The Balaban J connectivity index is 1.59. The van der Waals surface area contributed by atoms with Crippen molar-refractivity contribution in [3.63, 3.8) is 0 Å². The van der Waals surface area contributed by atoms with Gasteiger partial charge in [0.1, 0.15) is 0 Å². The highest BCUT2D eigenvalue weighted by atomic mass is 16.4. The number of aryl methyl sites for hydroxylation is 2. The summed E-state index contributed by atoms with van der Waals surface area (Å²) in [6, 6.07) is 24.0. The van der Waals surface area contributed by atoms with Gasteiger partial charge in [0, 0.05) is 56.7 Å². The molecule has 178 valence electrons. The molecule has 2 heterocycles. The molecule has 6 aromatic rings. The van der Waals surface area contributed by atoms with E-state index < -0.39 is 14.2 Å². The number of aromatic nitrogens is 2. The van der Waals surface area contributed by atoms with Gasteiger partial charge < -0.3 is 29.2 Å². The lowest BCUT2D eigenvalue weighted by Gasteiger charge is -2.06. The maximum absolute atomic E-state index is 9.73. The van der Waals surface area contributed by atoms with Crippen LogP contribution in [-0.2, 0) is 13.1 Å². The maximum Gasteiger partial charge on any atom is 0.488 e. The zero-order valence-electron chi connectivity index (χ0n) is 20.2. The molecule has 36 heavy (non-hydrogen) atoms. The molecule has 8 heteroatoms. The van der Waals surface area contributed by atoms with E-state index in [-0.39, 0.29) is 0 Å². The van der Waals surface area contributed by atoms with Crippen LogP contribution in [0.1, 0.15) is 13.8 Å². The van der Waals surface area contributed by atoms with Crippen LogP contribution in [-0.4, -0.2) is 43.5 Å². The minimum atomic E-state index is -1.52. The van der Waals surface area contributed by atoms with E-state index in [2.05, 4.69) is 59.4 Å². The van der Waals surface area contributed by atoms with E-state index in [0.717, 1.165) is 67.8 Å². The molecule has 0 spiro atoms. The van der Waals surface area contributed by atoms with Crippen molar-refractivity contribution in [2.75, 3.05) is 0 Å². The van der Waals surface area contributed by atoms with Crippen LogP contribution < -0.4 is 10.9 Å². The number of fused-ring (bicyclic) bond motifs is 6. The number of nitrogens with zero attached hydrogens (tertiary/aromatic N) is 2. The van der Waals surface area contributed by atoms with E-state index in [1.807, 2.05) is 24.3 Å². The molecule has 0 aliphatic heterocycles. The van der Waals surface area contributed by atoms with Gasteiger partial charge in [0.15, 0.2) is 0 Å². The fourth-order valence-corrected chi connectivity index (χ4v) is 5.61. The zero-order chi connectivity index (χ0) is 25.1. The Hall–Kier alpha value is -3.55. The lowest BCUT2D eigenvalue weighted by atomic mass is 9.79.